The van der Waals surface area contributed by atoms with Gasteiger partial charge in [0, 0.05) is 10.9 Å². The Labute approximate surface area is 114 Å². The largest absolute Gasteiger partial charge is 0.481 e. The molecule has 4 nitrogen and oxygen atoms in total. The van der Waals surface area contributed by atoms with E-state index in [4.69, 9.17) is 9.84 Å². The zero-order valence-corrected chi connectivity index (χ0v) is 11.7. The van der Waals surface area contributed by atoms with E-state index < -0.39 is 5.97 Å². The molecule has 0 saturated heterocycles. The second-order valence-electron chi connectivity index (χ2n) is 3.80. The fraction of sp³-hybridized carbons (Fsp3) is 0.385. The first-order valence-corrected chi connectivity index (χ1v) is 6.47. The van der Waals surface area contributed by atoms with Crippen LogP contribution in [-0.4, -0.2) is 23.7 Å². The summed E-state index contributed by atoms with van der Waals surface area (Å²) >= 11 is 3.33. The van der Waals surface area contributed by atoms with Gasteiger partial charge in [-0.25, -0.2) is 0 Å². The first kappa shape index (κ1) is 14.7. The van der Waals surface area contributed by atoms with Crippen molar-refractivity contribution in [3.8, 4) is 0 Å². The number of carboxylic acid groups (broad SMARTS) is 1. The molecule has 1 aromatic rings. The second-order valence-corrected chi connectivity index (χ2v) is 4.66. The van der Waals surface area contributed by atoms with Gasteiger partial charge in [-0.1, -0.05) is 28.1 Å². The third kappa shape index (κ3) is 4.87. The van der Waals surface area contributed by atoms with Gasteiger partial charge >= 0.3 is 11.9 Å². The van der Waals surface area contributed by atoms with Crippen molar-refractivity contribution in [2.75, 3.05) is 6.61 Å². The smallest absolute Gasteiger partial charge is 0.307 e. The second kappa shape index (κ2) is 7.16. The van der Waals surface area contributed by atoms with Crippen molar-refractivity contribution in [3.05, 3.63) is 33.8 Å². The van der Waals surface area contributed by atoms with Crippen molar-refractivity contribution in [2.24, 2.45) is 0 Å². The molecule has 0 saturated carbocycles. The molecule has 5 heteroatoms. The molecular weight excluding hydrogens is 300 g/mol. The molecular formula is C13H15BrO4. The molecule has 1 N–H and O–H groups in total. The average molecular weight is 315 g/mol. The Kier molecular flexibility index (Phi) is 5.85. The van der Waals surface area contributed by atoms with Gasteiger partial charge in [0.25, 0.3) is 0 Å². The molecule has 0 bridgehead atoms. The molecule has 1 rings (SSSR count). The van der Waals surface area contributed by atoms with Gasteiger partial charge in [0.1, 0.15) is 0 Å². The number of carbonyl (C=O) groups excluding carboxylic acids is 1. The van der Waals surface area contributed by atoms with E-state index in [0.717, 1.165) is 15.6 Å². The van der Waals surface area contributed by atoms with Crippen LogP contribution in [0.1, 0.15) is 24.5 Å². The van der Waals surface area contributed by atoms with Crippen LogP contribution in [0.5, 0.6) is 0 Å². The van der Waals surface area contributed by atoms with Crippen molar-refractivity contribution in [2.45, 2.75) is 26.2 Å². The Bertz CT molecular complexity index is 443. The number of carbonyl (C=O) groups is 2. The zero-order chi connectivity index (χ0) is 13.5. The molecule has 18 heavy (non-hydrogen) atoms. The molecule has 1 aromatic carbocycles. The third-order valence-electron chi connectivity index (χ3n) is 2.38. The van der Waals surface area contributed by atoms with E-state index in [1.54, 1.807) is 13.0 Å². The molecule has 0 aliphatic rings. The number of esters is 1. The summed E-state index contributed by atoms with van der Waals surface area (Å²) in [5.41, 5.74) is 1.70. The summed E-state index contributed by atoms with van der Waals surface area (Å²) in [6.45, 7) is 2.16. The fourth-order valence-corrected chi connectivity index (χ4v) is 2.10. The van der Waals surface area contributed by atoms with Gasteiger partial charge in [0.15, 0.2) is 0 Å². The minimum absolute atomic E-state index is 0.0151. The Morgan fingerprint density at radius 2 is 2.11 bits per heavy atom. The SMILES string of the molecule is CCOC(=O)CCc1ccc(CC(=O)O)c(Br)c1. The highest BCUT2D eigenvalue weighted by Gasteiger charge is 2.07. The number of halogens is 1. The van der Waals surface area contributed by atoms with Gasteiger partial charge in [-0.05, 0) is 30.5 Å². The summed E-state index contributed by atoms with van der Waals surface area (Å²) < 4.78 is 5.60. The predicted octanol–water partition coefficient (Wildman–Crippen LogP) is 2.57. The molecule has 0 aliphatic carbocycles. The molecule has 0 atom stereocenters. The van der Waals surface area contributed by atoms with Gasteiger partial charge < -0.3 is 9.84 Å². The normalized spacial score (nSPS) is 10.1. The maximum Gasteiger partial charge on any atom is 0.307 e. The summed E-state index contributed by atoms with van der Waals surface area (Å²) in [5.74, 6) is -1.08. The van der Waals surface area contributed by atoms with Crippen LogP contribution < -0.4 is 0 Å². The van der Waals surface area contributed by atoms with E-state index in [2.05, 4.69) is 15.9 Å². The van der Waals surface area contributed by atoms with Crippen LogP contribution in [0.25, 0.3) is 0 Å². The Morgan fingerprint density at radius 3 is 2.67 bits per heavy atom. The van der Waals surface area contributed by atoms with E-state index >= 15 is 0 Å². The van der Waals surface area contributed by atoms with E-state index in [-0.39, 0.29) is 12.4 Å². The Morgan fingerprint density at radius 1 is 1.39 bits per heavy atom. The van der Waals surface area contributed by atoms with Crippen LogP contribution in [0.3, 0.4) is 0 Å². The first-order chi connectivity index (χ1) is 8.52. The minimum Gasteiger partial charge on any atom is -0.481 e. The maximum atomic E-state index is 11.2. The van der Waals surface area contributed by atoms with Crippen LogP contribution in [0.15, 0.2) is 22.7 Å². The predicted molar refractivity (Wildman–Crippen MR) is 70.4 cm³/mol. The number of carboxylic acids is 1. The zero-order valence-electron chi connectivity index (χ0n) is 10.1. The summed E-state index contributed by atoms with van der Waals surface area (Å²) in [4.78, 5) is 21.8. The van der Waals surface area contributed by atoms with E-state index in [1.807, 2.05) is 12.1 Å². The minimum atomic E-state index is -0.866. The van der Waals surface area contributed by atoms with E-state index in [0.29, 0.717) is 19.4 Å². The Hall–Kier alpha value is -1.36. The van der Waals surface area contributed by atoms with Crippen molar-refractivity contribution in [1.29, 1.82) is 0 Å². The van der Waals surface area contributed by atoms with Gasteiger partial charge in [0.05, 0.1) is 13.0 Å². The third-order valence-corrected chi connectivity index (χ3v) is 3.12. The van der Waals surface area contributed by atoms with Crippen LogP contribution in [0.4, 0.5) is 0 Å². The lowest BCUT2D eigenvalue weighted by Gasteiger charge is -2.06. The van der Waals surface area contributed by atoms with Crippen LogP contribution >= 0.6 is 15.9 Å². The molecule has 0 unspecified atom stereocenters. The van der Waals surface area contributed by atoms with Gasteiger partial charge in [0.2, 0.25) is 0 Å². The number of aryl methyl sites for hydroxylation is 1. The number of aliphatic carboxylic acids is 1. The highest BCUT2D eigenvalue weighted by Crippen LogP contribution is 2.20. The summed E-state index contributed by atoms with van der Waals surface area (Å²) in [5, 5.41) is 8.71. The maximum absolute atomic E-state index is 11.2. The molecule has 0 heterocycles. The van der Waals surface area contributed by atoms with Gasteiger partial charge in [-0.15, -0.1) is 0 Å². The summed E-state index contributed by atoms with van der Waals surface area (Å²) in [6, 6.07) is 5.44. The molecule has 0 aromatic heterocycles. The standard InChI is InChI=1S/C13H15BrO4/c1-2-18-13(17)6-4-9-3-5-10(8-12(15)16)11(14)7-9/h3,5,7H,2,4,6,8H2,1H3,(H,15,16). The monoisotopic (exact) mass is 314 g/mol. The molecule has 0 amide bonds. The molecule has 98 valence electrons. The molecule has 0 aliphatic heterocycles. The quantitative estimate of drug-likeness (QED) is 0.820. The number of benzene rings is 1. The number of rotatable bonds is 6. The molecule has 0 spiro atoms. The van der Waals surface area contributed by atoms with Crippen LogP contribution in [0.2, 0.25) is 0 Å². The number of hydrogen-bond acceptors (Lipinski definition) is 3. The van der Waals surface area contributed by atoms with Crippen LogP contribution in [0, 0.1) is 0 Å². The van der Waals surface area contributed by atoms with Gasteiger partial charge in [-0.3, -0.25) is 9.59 Å². The van der Waals surface area contributed by atoms with E-state index in [1.165, 1.54) is 0 Å². The van der Waals surface area contributed by atoms with Crippen molar-refractivity contribution >= 4 is 27.9 Å². The number of hydrogen-bond donors (Lipinski definition) is 1. The van der Waals surface area contributed by atoms with Crippen molar-refractivity contribution in [1.82, 2.24) is 0 Å². The Balaban J connectivity index is 2.61. The lowest BCUT2D eigenvalue weighted by atomic mass is 10.1. The summed E-state index contributed by atoms with van der Waals surface area (Å²) in [6.07, 6.45) is 0.905. The van der Waals surface area contributed by atoms with Crippen LogP contribution in [-0.2, 0) is 27.2 Å². The average Bonchev–Trinajstić information content (AvgIpc) is 2.29. The first-order valence-electron chi connectivity index (χ1n) is 5.67. The van der Waals surface area contributed by atoms with E-state index in [9.17, 15) is 9.59 Å². The molecule has 0 radical (unpaired) electrons. The van der Waals surface area contributed by atoms with Crippen molar-refractivity contribution < 1.29 is 19.4 Å². The highest BCUT2D eigenvalue weighted by atomic mass is 79.9. The lowest BCUT2D eigenvalue weighted by molar-refractivity contribution is -0.143. The highest BCUT2D eigenvalue weighted by molar-refractivity contribution is 9.10. The fourth-order valence-electron chi connectivity index (χ4n) is 1.53. The van der Waals surface area contributed by atoms with Gasteiger partial charge in [-0.2, -0.15) is 0 Å². The number of ether oxygens (including phenoxy) is 1. The van der Waals surface area contributed by atoms with Crippen molar-refractivity contribution in [3.63, 3.8) is 0 Å². The lowest BCUT2D eigenvalue weighted by Crippen LogP contribution is -2.05. The topological polar surface area (TPSA) is 63.6 Å². The summed E-state index contributed by atoms with van der Waals surface area (Å²) in [7, 11) is 0. The molecule has 0 fully saturated rings.